The van der Waals surface area contributed by atoms with Crippen LogP contribution in [-0.4, -0.2) is 28.1 Å². The molecule has 0 rings (SSSR count). The number of rotatable bonds is 8. The van der Waals surface area contributed by atoms with E-state index in [0.29, 0.717) is 13.2 Å². The third kappa shape index (κ3) is 4.37. The highest BCUT2D eigenvalue weighted by Gasteiger charge is 2.39. The molecule has 0 saturated carbocycles. The minimum absolute atomic E-state index is 0.0142. The number of hydrogen-bond acceptors (Lipinski definition) is 3. The summed E-state index contributed by atoms with van der Waals surface area (Å²) in [4.78, 5) is 0. The number of hydrogen-bond donors (Lipinski definition) is 0. The highest BCUT2D eigenvalue weighted by molar-refractivity contribution is 6.60. The van der Waals surface area contributed by atoms with E-state index >= 15 is 0 Å². The molecule has 0 spiro atoms. The van der Waals surface area contributed by atoms with Gasteiger partial charge in [-0.25, -0.2) is 0 Å². The second-order valence-corrected chi connectivity index (χ2v) is 5.85. The molecule has 0 N–H and O–H groups in total. The fraction of sp³-hybridized carbons (Fsp3) is 0.800. The van der Waals surface area contributed by atoms with Crippen LogP contribution in [0.1, 0.15) is 27.7 Å². The van der Waals surface area contributed by atoms with E-state index in [4.69, 9.17) is 13.3 Å². The average molecular weight is 218 g/mol. The SMILES string of the molecule is C=CC(C)O[Si](CC)(OCC)OCC. The smallest absolute Gasteiger partial charge is 0.374 e. The first-order chi connectivity index (χ1) is 6.64. The minimum atomic E-state index is -2.42. The fourth-order valence-electron chi connectivity index (χ4n) is 1.17. The normalized spacial score (nSPS) is 14.0. The van der Waals surface area contributed by atoms with Gasteiger partial charge >= 0.3 is 8.80 Å². The van der Waals surface area contributed by atoms with Gasteiger partial charge in [0.15, 0.2) is 0 Å². The van der Waals surface area contributed by atoms with Gasteiger partial charge in [-0.05, 0) is 20.8 Å². The Morgan fingerprint density at radius 2 is 1.71 bits per heavy atom. The van der Waals surface area contributed by atoms with Gasteiger partial charge in [0.05, 0.1) is 6.10 Å². The Bertz CT molecular complexity index is 155. The van der Waals surface area contributed by atoms with Crippen molar-refractivity contribution in [2.75, 3.05) is 13.2 Å². The lowest BCUT2D eigenvalue weighted by Gasteiger charge is -2.29. The molecular formula is C10H22O3Si. The lowest BCUT2D eigenvalue weighted by atomic mass is 10.4. The maximum Gasteiger partial charge on any atom is 0.501 e. The quantitative estimate of drug-likeness (QED) is 0.463. The second kappa shape index (κ2) is 7.17. The maximum atomic E-state index is 5.79. The first-order valence-corrected chi connectivity index (χ1v) is 7.15. The van der Waals surface area contributed by atoms with Gasteiger partial charge in [0.25, 0.3) is 0 Å². The van der Waals surface area contributed by atoms with Crippen LogP contribution >= 0.6 is 0 Å². The molecule has 0 saturated heterocycles. The van der Waals surface area contributed by atoms with Crippen LogP contribution in [0.2, 0.25) is 6.04 Å². The fourth-order valence-corrected chi connectivity index (χ4v) is 3.50. The molecule has 0 aromatic rings. The van der Waals surface area contributed by atoms with E-state index < -0.39 is 8.80 Å². The van der Waals surface area contributed by atoms with E-state index in [0.717, 1.165) is 6.04 Å². The van der Waals surface area contributed by atoms with Crippen LogP contribution in [0, 0.1) is 0 Å². The monoisotopic (exact) mass is 218 g/mol. The van der Waals surface area contributed by atoms with Crippen molar-refractivity contribution in [1.29, 1.82) is 0 Å². The van der Waals surface area contributed by atoms with Crippen molar-refractivity contribution in [3.8, 4) is 0 Å². The molecule has 0 aliphatic carbocycles. The molecule has 14 heavy (non-hydrogen) atoms. The molecule has 0 bridgehead atoms. The average Bonchev–Trinajstić information content (AvgIpc) is 2.18. The molecule has 1 unspecified atom stereocenters. The molecule has 0 amide bonds. The minimum Gasteiger partial charge on any atom is -0.374 e. The molecular weight excluding hydrogens is 196 g/mol. The van der Waals surface area contributed by atoms with E-state index in [1.807, 2.05) is 27.7 Å². The summed E-state index contributed by atoms with van der Waals surface area (Å²) in [5, 5.41) is 0. The van der Waals surface area contributed by atoms with Gasteiger partial charge in [-0.3, -0.25) is 0 Å². The van der Waals surface area contributed by atoms with Crippen molar-refractivity contribution in [3.05, 3.63) is 12.7 Å². The summed E-state index contributed by atoms with van der Waals surface area (Å²) in [6, 6.07) is 0.798. The van der Waals surface area contributed by atoms with Crippen molar-refractivity contribution in [2.24, 2.45) is 0 Å². The molecule has 0 aliphatic heterocycles. The largest absolute Gasteiger partial charge is 0.501 e. The lowest BCUT2D eigenvalue weighted by molar-refractivity contribution is 0.0536. The maximum absolute atomic E-state index is 5.79. The predicted molar refractivity (Wildman–Crippen MR) is 60.2 cm³/mol. The standard InChI is InChI=1S/C10H22O3Si/c1-6-10(5)13-14(9-4,11-7-2)12-8-3/h6,10H,1,7-9H2,2-5H3. The van der Waals surface area contributed by atoms with Crippen LogP contribution in [0.25, 0.3) is 0 Å². The lowest BCUT2D eigenvalue weighted by Crippen LogP contribution is -2.47. The highest BCUT2D eigenvalue weighted by Crippen LogP contribution is 2.17. The molecule has 0 radical (unpaired) electrons. The van der Waals surface area contributed by atoms with E-state index in [-0.39, 0.29) is 6.10 Å². The molecule has 0 aromatic heterocycles. The van der Waals surface area contributed by atoms with Gasteiger partial charge in [0.2, 0.25) is 0 Å². The van der Waals surface area contributed by atoms with Crippen molar-refractivity contribution < 1.29 is 13.3 Å². The summed E-state index contributed by atoms with van der Waals surface area (Å²) in [6.07, 6.45) is 1.75. The summed E-state index contributed by atoms with van der Waals surface area (Å²) in [6.45, 7) is 12.8. The molecule has 0 heterocycles. The summed E-state index contributed by atoms with van der Waals surface area (Å²) >= 11 is 0. The Kier molecular flexibility index (Phi) is 7.09. The zero-order valence-electron chi connectivity index (χ0n) is 9.71. The van der Waals surface area contributed by atoms with Crippen molar-refractivity contribution in [2.45, 2.75) is 39.8 Å². The Balaban J connectivity index is 4.38. The van der Waals surface area contributed by atoms with Gasteiger partial charge in [-0.15, -0.1) is 6.58 Å². The van der Waals surface area contributed by atoms with E-state index in [1.165, 1.54) is 0 Å². The van der Waals surface area contributed by atoms with E-state index in [1.54, 1.807) is 6.08 Å². The van der Waals surface area contributed by atoms with Crippen LogP contribution in [0.4, 0.5) is 0 Å². The first kappa shape index (κ1) is 13.8. The Morgan fingerprint density at radius 1 is 1.21 bits per heavy atom. The second-order valence-electron chi connectivity index (χ2n) is 2.96. The van der Waals surface area contributed by atoms with Crippen LogP contribution in [0.15, 0.2) is 12.7 Å². The zero-order chi connectivity index (χ0) is 11.0. The van der Waals surface area contributed by atoms with Crippen LogP contribution in [0.3, 0.4) is 0 Å². The summed E-state index contributed by atoms with van der Waals surface area (Å²) < 4.78 is 17.1. The third-order valence-electron chi connectivity index (χ3n) is 1.86. The van der Waals surface area contributed by atoms with E-state index in [9.17, 15) is 0 Å². The van der Waals surface area contributed by atoms with Crippen molar-refractivity contribution in [1.82, 2.24) is 0 Å². The molecule has 84 valence electrons. The molecule has 1 atom stereocenters. The molecule has 3 nitrogen and oxygen atoms in total. The van der Waals surface area contributed by atoms with Gasteiger partial charge in [0, 0.05) is 19.3 Å². The molecule has 4 heteroatoms. The first-order valence-electron chi connectivity index (χ1n) is 5.22. The molecule has 0 aliphatic rings. The van der Waals surface area contributed by atoms with E-state index in [2.05, 4.69) is 6.58 Å². The van der Waals surface area contributed by atoms with Crippen LogP contribution < -0.4 is 0 Å². The van der Waals surface area contributed by atoms with Gasteiger partial charge in [0.1, 0.15) is 0 Å². The van der Waals surface area contributed by atoms with Gasteiger partial charge in [-0.2, -0.15) is 0 Å². The molecule has 0 fully saturated rings. The predicted octanol–water partition coefficient (Wildman–Crippen LogP) is 2.61. The Hall–Kier alpha value is -0.163. The van der Waals surface area contributed by atoms with Crippen LogP contribution in [0.5, 0.6) is 0 Å². The summed E-state index contributed by atoms with van der Waals surface area (Å²) in [5.74, 6) is 0. The summed E-state index contributed by atoms with van der Waals surface area (Å²) in [5.41, 5.74) is 0. The summed E-state index contributed by atoms with van der Waals surface area (Å²) in [7, 11) is -2.42. The third-order valence-corrected chi connectivity index (χ3v) is 4.91. The topological polar surface area (TPSA) is 27.7 Å². The Labute approximate surface area is 88.4 Å². The van der Waals surface area contributed by atoms with Crippen LogP contribution in [-0.2, 0) is 13.3 Å². The molecule has 0 aromatic carbocycles. The zero-order valence-corrected chi connectivity index (χ0v) is 10.7. The van der Waals surface area contributed by atoms with Crippen molar-refractivity contribution >= 4 is 8.80 Å². The van der Waals surface area contributed by atoms with Gasteiger partial charge in [-0.1, -0.05) is 13.0 Å². The van der Waals surface area contributed by atoms with Gasteiger partial charge < -0.3 is 13.3 Å². The Morgan fingerprint density at radius 3 is 2.00 bits per heavy atom. The van der Waals surface area contributed by atoms with Crippen molar-refractivity contribution in [3.63, 3.8) is 0 Å². The highest BCUT2D eigenvalue weighted by atomic mass is 28.4.